The molecule has 0 spiro atoms. The molecule has 1 nitrogen and oxygen atoms in total. The normalized spacial score (nSPS) is 7.67. The maximum Gasteiger partial charge on any atom is 0 e. The van der Waals surface area contributed by atoms with Gasteiger partial charge in [-0.3, -0.25) is 0 Å². The van der Waals surface area contributed by atoms with Crippen LogP contribution < -0.4 is 0 Å². The van der Waals surface area contributed by atoms with Crippen LogP contribution in [-0.2, 0) is 61.1 Å². The molecule has 9 heavy (non-hydrogen) atoms. The van der Waals surface area contributed by atoms with Crippen molar-refractivity contribution in [2.45, 2.75) is 26.2 Å². The molecule has 0 unspecified atom stereocenters. The van der Waals surface area contributed by atoms with Crippen LogP contribution in [0.25, 0.3) is 0 Å². The van der Waals surface area contributed by atoms with E-state index in [1.807, 2.05) is 0 Å². The van der Waals surface area contributed by atoms with Crippen LogP contribution in [0.5, 0.6) is 0 Å². The Morgan fingerprint density at radius 3 is 2.56 bits per heavy atom. The summed E-state index contributed by atoms with van der Waals surface area (Å²) in [4.78, 5) is 10.6. The van der Waals surface area contributed by atoms with E-state index in [0.29, 0.717) is 4.00 Å². The summed E-state index contributed by atoms with van der Waals surface area (Å²) in [5.41, 5.74) is 0. The van der Waals surface area contributed by atoms with Gasteiger partial charge >= 0.3 is 69.0 Å². The van der Waals surface area contributed by atoms with Crippen LogP contribution >= 0.6 is 0 Å². The van der Waals surface area contributed by atoms with Gasteiger partial charge < -0.3 is 0 Å². The Morgan fingerprint density at radius 2 is 2.22 bits per heavy atom. The standard InChI is InChI=1S/C5H9O.3Nb/c1-2-3-4-5-6;;;/h2-4H2,1H3;;;. The molecule has 0 bridgehead atoms. The predicted octanol–water partition coefficient (Wildman–Crippen LogP) is 1.24. The number of rotatable bonds is 4. The summed E-state index contributed by atoms with van der Waals surface area (Å²) in [6.45, 7) is 2.12. The van der Waals surface area contributed by atoms with Crippen molar-refractivity contribution < 1.29 is 61.1 Å². The van der Waals surface area contributed by atoms with Gasteiger partial charge in [0.25, 0.3) is 0 Å². The van der Waals surface area contributed by atoms with Crippen LogP contribution in [0.3, 0.4) is 0 Å². The fraction of sp³-hybridized carbons (Fsp3) is 0.800. The number of unbranched alkanes of at least 4 members (excludes halogenated alkanes) is 1. The summed E-state index contributed by atoms with van der Waals surface area (Å²) in [5, 5.41) is 0. The zero-order valence-electron chi connectivity index (χ0n) is 5.37. The molecule has 0 aliphatic heterocycles. The summed E-state index contributed by atoms with van der Waals surface area (Å²) in [7, 11) is 0. The fourth-order valence-electron chi connectivity index (χ4n) is 0.378. The number of carbonyl (C=O) groups is 1. The molecule has 0 aromatic carbocycles. The molecule has 0 saturated carbocycles. The van der Waals surface area contributed by atoms with Gasteiger partial charge in [-0.25, -0.2) is 0 Å². The van der Waals surface area contributed by atoms with E-state index in [1.165, 1.54) is 0 Å². The molecule has 0 amide bonds. The smallest absolute Gasteiger partial charge is 0 e. The first kappa shape index (κ1) is 13.5. The van der Waals surface area contributed by atoms with Crippen molar-refractivity contribution in [2.75, 3.05) is 0 Å². The van der Waals surface area contributed by atoms with E-state index < -0.39 is 0 Å². The average molecular weight is 364 g/mol. The zero-order valence-corrected chi connectivity index (χ0v) is 12.0. The predicted molar refractivity (Wildman–Crippen MR) is 24.5 cm³/mol. The van der Waals surface area contributed by atoms with Gasteiger partial charge in [-0.1, -0.05) is 0 Å². The van der Waals surface area contributed by atoms with Gasteiger partial charge in [-0.05, 0) is 0 Å². The first-order chi connectivity index (χ1) is 3.81. The molecule has 0 heterocycles. The third-order valence-electron chi connectivity index (χ3n) is 0.856. The van der Waals surface area contributed by atoms with E-state index in [0.717, 1.165) is 19.3 Å². The van der Waals surface area contributed by atoms with Crippen molar-refractivity contribution >= 4 is 4.00 Å². The number of carbonyl (C=O) groups excluding carboxylic acids is 1. The molecule has 0 aliphatic carbocycles. The van der Waals surface area contributed by atoms with Crippen molar-refractivity contribution in [3.05, 3.63) is 0 Å². The molecule has 1 radical (unpaired) electrons. The summed E-state index contributed by atoms with van der Waals surface area (Å²) < 4.78 is 0.567. The quantitative estimate of drug-likeness (QED) is 0.687. The van der Waals surface area contributed by atoms with Crippen LogP contribution in [0.15, 0.2) is 0 Å². The summed E-state index contributed by atoms with van der Waals surface area (Å²) >= 11 is 1.40. The second-order valence-corrected chi connectivity index (χ2v) is 6.22. The third kappa shape index (κ3) is 9.89. The Hall–Kier alpha value is 1.89. The first-order valence-electron chi connectivity index (χ1n) is 2.69. The minimum Gasteiger partial charge on any atom is 0 e. The molecule has 0 rings (SSSR count). The SMILES string of the molecule is CCCC[C](=O)[Nb][Nb].[Nb]. The van der Waals surface area contributed by atoms with Gasteiger partial charge in [0, 0.05) is 22.4 Å². The van der Waals surface area contributed by atoms with Gasteiger partial charge in [0.1, 0.15) is 0 Å². The minimum absolute atomic E-state index is 0. The second kappa shape index (κ2) is 9.89. The van der Waals surface area contributed by atoms with Crippen LogP contribution in [0.1, 0.15) is 26.2 Å². The molecule has 0 aromatic heterocycles. The summed E-state index contributed by atoms with van der Waals surface area (Å²) in [6, 6.07) is 0. The third-order valence-corrected chi connectivity index (χ3v) is 5.20. The molecule has 0 aromatic rings. The van der Waals surface area contributed by atoms with E-state index in [4.69, 9.17) is 0 Å². The summed E-state index contributed by atoms with van der Waals surface area (Å²) in [6.07, 6.45) is 3.13. The molecule has 4 heteroatoms. The molecular weight excluding hydrogens is 355 g/mol. The molecule has 0 fully saturated rings. The van der Waals surface area contributed by atoms with E-state index >= 15 is 0 Å². The Morgan fingerprint density at radius 1 is 1.67 bits per heavy atom. The molecule has 50 valence electrons. The Labute approximate surface area is 90.2 Å². The van der Waals surface area contributed by atoms with Crippen molar-refractivity contribution in [2.24, 2.45) is 0 Å². The summed E-state index contributed by atoms with van der Waals surface area (Å²) in [5.74, 6) is 0. The Bertz CT molecular complexity index is 74.6. The van der Waals surface area contributed by atoms with Gasteiger partial charge in [0.2, 0.25) is 0 Å². The van der Waals surface area contributed by atoms with Gasteiger partial charge in [0.05, 0.1) is 0 Å². The monoisotopic (exact) mass is 364 g/mol. The fourth-order valence-corrected chi connectivity index (χ4v) is 2.47. The Balaban J connectivity index is 0. The number of hydrogen-bond donors (Lipinski definition) is 0. The van der Waals surface area contributed by atoms with E-state index in [2.05, 4.69) is 6.92 Å². The van der Waals surface area contributed by atoms with E-state index in [1.54, 1.807) is 17.6 Å². The maximum absolute atomic E-state index is 10.6. The van der Waals surface area contributed by atoms with E-state index in [9.17, 15) is 4.79 Å². The van der Waals surface area contributed by atoms with Crippen molar-refractivity contribution in [1.82, 2.24) is 0 Å². The molecular formula is C5H9Nb3O. The van der Waals surface area contributed by atoms with Gasteiger partial charge in [-0.2, -0.15) is 0 Å². The largest absolute Gasteiger partial charge is 0 e. The first-order valence-corrected chi connectivity index (χ1v) is 10.6. The molecule has 0 N–H and O–H groups in total. The molecule has 0 aliphatic rings. The van der Waals surface area contributed by atoms with Crippen molar-refractivity contribution in [1.29, 1.82) is 0 Å². The van der Waals surface area contributed by atoms with E-state index in [-0.39, 0.29) is 38.7 Å². The van der Waals surface area contributed by atoms with Crippen LogP contribution in [0.2, 0.25) is 0 Å². The van der Waals surface area contributed by atoms with Gasteiger partial charge in [0.15, 0.2) is 0 Å². The Kier molecular flexibility index (Phi) is 14.8. The van der Waals surface area contributed by atoms with Crippen LogP contribution in [-0.4, -0.2) is 4.00 Å². The van der Waals surface area contributed by atoms with Crippen molar-refractivity contribution in [3.63, 3.8) is 0 Å². The van der Waals surface area contributed by atoms with Gasteiger partial charge in [-0.15, -0.1) is 0 Å². The van der Waals surface area contributed by atoms with Crippen molar-refractivity contribution in [3.8, 4) is 0 Å². The van der Waals surface area contributed by atoms with Crippen LogP contribution in [0, 0.1) is 0 Å². The maximum atomic E-state index is 10.6. The molecule has 0 atom stereocenters. The van der Waals surface area contributed by atoms with Crippen LogP contribution in [0.4, 0.5) is 0 Å². The zero-order chi connectivity index (χ0) is 6.41. The molecule has 0 saturated heterocycles. The average Bonchev–Trinajstić information content (AvgIpc) is 1.83. The second-order valence-electron chi connectivity index (χ2n) is 1.60. The number of hydrogen-bond acceptors (Lipinski definition) is 1. The minimum atomic E-state index is -0.353. The topological polar surface area (TPSA) is 17.1 Å².